The fourth-order valence-electron chi connectivity index (χ4n) is 4.62. The molecule has 0 spiro atoms. The SMILES string of the molecule is Cc1noc(C)c1-c1cc2ccc(=O)n(Cc3ccccn3)c2cc1OCCC1CCNC1. The number of aryl methyl sites for hydroxylation is 2. The molecule has 1 aromatic carbocycles. The molecule has 5 rings (SSSR count). The van der Waals surface area contributed by atoms with Crippen molar-refractivity contribution in [2.45, 2.75) is 33.2 Å². The van der Waals surface area contributed by atoms with Crippen molar-refractivity contribution >= 4 is 10.9 Å². The van der Waals surface area contributed by atoms with Crippen molar-refractivity contribution in [2.75, 3.05) is 19.7 Å². The first-order valence-corrected chi connectivity index (χ1v) is 11.4. The Hall–Kier alpha value is -3.45. The van der Waals surface area contributed by atoms with Crippen molar-refractivity contribution in [1.29, 1.82) is 0 Å². The molecule has 170 valence electrons. The third kappa shape index (κ3) is 4.41. The van der Waals surface area contributed by atoms with E-state index >= 15 is 0 Å². The summed E-state index contributed by atoms with van der Waals surface area (Å²) in [5.74, 6) is 2.12. The summed E-state index contributed by atoms with van der Waals surface area (Å²) in [5.41, 5.74) is 4.28. The van der Waals surface area contributed by atoms with Gasteiger partial charge in [-0.25, -0.2) is 0 Å². The highest BCUT2D eigenvalue weighted by molar-refractivity contribution is 5.89. The number of hydrogen-bond acceptors (Lipinski definition) is 6. The predicted molar refractivity (Wildman–Crippen MR) is 128 cm³/mol. The van der Waals surface area contributed by atoms with Crippen LogP contribution >= 0.6 is 0 Å². The van der Waals surface area contributed by atoms with Crippen LogP contribution in [-0.4, -0.2) is 34.4 Å². The molecule has 0 saturated carbocycles. The van der Waals surface area contributed by atoms with E-state index in [-0.39, 0.29) is 5.56 Å². The van der Waals surface area contributed by atoms with Gasteiger partial charge in [-0.3, -0.25) is 9.78 Å². The number of nitrogens with one attached hydrogen (secondary N) is 1. The first-order valence-electron chi connectivity index (χ1n) is 11.4. The molecule has 0 aliphatic carbocycles. The smallest absolute Gasteiger partial charge is 0.251 e. The third-order valence-corrected chi connectivity index (χ3v) is 6.39. The molecule has 0 bridgehead atoms. The molecule has 1 aliphatic rings. The predicted octanol–water partition coefficient (Wildman–Crippen LogP) is 4.10. The van der Waals surface area contributed by atoms with E-state index in [1.165, 1.54) is 6.42 Å². The van der Waals surface area contributed by atoms with E-state index in [1.807, 2.05) is 44.2 Å². The number of benzene rings is 1. The maximum absolute atomic E-state index is 12.8. The summed E-state index contributed by atoms with van der Waals surface area (Å²) >= 11 is 0. The minimum absolute atomic E-state index is 0.0683. The van der Waals surface area contributed by atoms with Crippen LogP contribution < -0.4 is 15.6 Å². The number of pyridine rings is 2. The van der Waals surface area contributed by atoms with Gasteiger partial charge in [0.1, 0.15) is 11.5 Å². The van der Waals surface area contributed by atoms with Crippen molar-refractivity contribution in [2.24, 2.45) is 5.92 Å². The fourth-order valence-corrected chi connectivity index (χ4v) is 4.62. The number of hydrogen-bond donors (Lipinski definition) is 1. The second-order valence-corrected chi connectivity index (χ2v) is 8.68. The number of fused-ring (bicyclic) bond motifs is 1. The van der Waals surface area contributed by atoms with Gasteiger partial charge in [0.15, 0.2) is 0 Å². The zero-order valence-electron chi connectivity index (χ0n) is 19.0. The maximum Gasteiger partial charge on any atom is 0.251 e. The van der Waals surface area contributed by atoms with Crippen LogP contribution in [0.25, 0.3) is 22.0 Å². The van der Waals surface area contributed by atoms with E-state index in [9.17, 15) is 4.79 Å². The second-order valence-electron chi connectivity index (χ2n) is 8.68. The molecule has 7 nitrogen and oxygen atoms in total. The van der Waals surface area contributed by atoms with Gasteiger partial charge in [0.25, 0.3) is 5.56 Å². The number of ether oxygens (including phenoxy) is 1. The molecular formula is C26H28N4O3. The van der Waals surface area contributed by atoms with Crippen LogP contribution in [0.1, 0.15) is 30.0 Å². The lowest BCUT2D eigenvalue weighted by molar-refractivity contribution is 0.285. The van der Waals surface area contributed by atoms with E-state index in [1.54, 1.807) is 16.8 Å². The van der Waals surface area contributed by atoms with Crippen LogP contribution in [0.4, 0.5) is 0 Å². The van der Waals surface area contributed by atoms with Gasteiger partial charge in [0.05, 0.1) is 35.6 Å². The van der Waals surface area contributed by atoms with Crippen molar-refractivity contribution in [3.8, 4) is 16.9 Å². The zero-order valence-corrected chi connectivity index (χ0v) is 19.0. The first kappa shape index (κ1) is 21.4. The minimum Gasteiger partial charge on any atom is -0.493 e. The molecule has 1 unspecified atom stereocenters. The molecule has 4 heterocycles. The molecular weight excluding hydrogens is 416 g/mol. The molecule has 1 fully saturated rings. The molecule has 1 saturated heterocycles. The summed E-state index contributed by atoms with van der Waals surface area (Å²) in [4.78, 5) is 17.2. The molecule has 4 aromatic rings. The van der Waals surface area contributed by atoms with Gasteiger partial charge in [-0.1, -0.05) is 11.2 Å². The number of nitrogens with zero attached hydrogens (tertiary/aromatic N) is 3. The van der Waals surface area contributed by atoms with E-state index in [2.05, 4.69) is 21.5 Å². The van der Waals surface area contributed by atoms with Gasteiger partial charge < -0.3 is 19.1 Å². The highest BCUT2D eigenvalue weighted by atomic mass is 16.5. The van der Waals surface area contributed by atoms with Gasteiger partial charge in [-0.2, -0.15) is 0 Å². The lowest BCUT2D eigenvalue weighted by Crippen LogP contribution is -2.20. The van der Waals surface area contributed by atoms with Crippen LogP contribution in [0.2, 0.25) is 0 Å². The van der Waals surface area contributed by atoms with Gasteiger partial charge in [-0.15, -0.1) is 0 Å². The lowest BCUT2D eigenvalue weighted by Gasteiger charge is -2.17. The van der Waals surface area contributed by atoms with Gasteiger partial charge in [-0.05, 0) is 75.3 Å². The molecule has 7 heteroatoms. The van der Waals surface area contributed by atoms with E-state index in [0.717, 1.165) is 64.4 Å². The fraction of sp³-hybridized carbons (Fsp3) is 0.346. The average Bonchev–Trinajstić information content (AvgIpc) is 3.46. The van der Waals surface area contributed by atoms with E-state index < -0.39 is 0 Å². The molecule has 1 aliphatic heterocycles. The Balaban J connectivity index is 1.59. The number of rotatable bonds is 7. The van der Waals surface area contributed by atoms with Gasteiger partial charge in [0, 0.05) is 23.9 Å². The minimum atomic E-state index is -0.0683. The maximum atomic E-state index is 12.8. The standard InChI is InChI=1S/C26H28N4O3/c1-17-26(18(2)33-29-17)22-13-20-6-7-25(31)30(16-21-5-3-4-10-28-21)23(20)14-24(22)32-12-9-19-8-11-27-15-19/h3-7,10,13-14,19,27H,8-9,11-12,15-16H2,1-2H3. The van der Waals surface area contributed by atoms with E-state index in [0.29, 0.717) is 19.1 Å². The number of aromatic nitrogens is 3. The first-order chi connectivity index (χ1) is 16.1. The molecule has 0 radical (unpaired) electrons. The quantitative estimate of drug-likeness (QED) is 0.462. The summed E-state index contributed by atoms with van der Waals surface area (Å²) in [6.07, 6.45) is 3.91. The summed E-state index contributed by atoms with van der Waals surface area (Å²) in [7, 11) is 0. The summed E-state index contributed by atoms with van der Waals surface area (Å²) < 4.78 is 13.6. The molecule has 1 N–H and O–H groups in total. The normalized spacial score (nSPS) is 15.9. The Labute approximate surface area is 192 Å². The Bertz CT molecular complexity index is 1300. The Kier molecular flexibility index (Phi) is 5.96. The van der Waals surface area contributed by atoms with Crippen LogP contribution in [0.3, 0.4) is 0 Å². The van der Waals surface area contributed by atoms with Crippen LogP contribution in [0, 0.1) is 19.8 Å². The van der Waals surface area contributed by atoms with Crippen molar-refractivity contribution in [3.05, 3.63) is 76.2 Å². The largest absolute Gasteiger partial charge is 0.493 e. The van der Waals surface area contributed by atoms with Gasteiger partial charge >= 0.3 is 0 Å². The van der Waals surface area contributed by atoms with Crippen LogP contribution in [0.5, 0.6) is 5.75 Å². The Morgan fingerprint density at radius 1 is 1.21 bits per heavy atom. The molecule has 1 atom stereocenters. The highest BCUT2D eigenvalue weighted by Gasteiger charge is 2.20. The Morgan fingerprint density at radius 2 is 2.12 bits per heavy atom. The summed E-state index contributed by atoms with van der Waals surface area (Å²) in [6, 6.07) is 13.3. The summed E-state index contributed by atoms with van der Waals surface area (Å²) in [5, 5.41) is 8.50. The zero-order chi connectivity index (χ0) is 22.8. The van der Waals surface area contributed by atoms with Crippen molar-refractivity contribution in [1.82, 2.24) is 20.0 Å². The monoisotopic (exact) mass is 444 g/mol. The lowest BCUT2D eigenvalue weighted by atomic mass is 10.00. The van der Waals surface area contributed by atoms with Crippen LogP contribution in [0.15, 0.2) is 58.0 Å². The Morgan fingerprint density at radius 3 is 2.85 bits per heavy atom. The third-order valence-electron chi connectivity index (χ3n) is 6.39. The summed E-state index contributed by atoms with van der Waals surface area (Å²) in [6.45, 7) is 6.98. The van der Waals surface area contributed by atoms with Crippen molar-refractivity contribution < 1.29 is 9.26 Å². The second kappa shape index (κ2) is 9.19. The van der Waals surface area contributed by atoms with E-state index in [4.69, 9.17) is 9.26 Å². The van der Waals surface area contributed by atoms with Crippen molar-refractivity contribution in [3.63, 3.8) is 0 Å². The molecule has 3 aromatic heterocycles. The topological polar surface area (TPSA) is 82.2 Å². The van der Waals surface area contributed by atoms with Crippen LogP contribution in [-0.2, 0) is 6.54 Å². The average molecular weight is 445 g/mol. The molecule has 0 amide bonds. The van der Waals surface area contributed by atoms with Gasteiger partial charge in [0.2, 0.25) is 0 Å². The molecule has 33 heavy (non-hydrogen) atoms. The highest BCUT2D eigenvalue weighted by Crippen LogP contribution is 2.38.